The molecule has 0 atom stereocenters. The van der Waals surface area contributed by atoms with Gasteiger partial charge in [0.15, 0.2) is 17.5 Å². The van der Waals surface area contributed by atoms with Crippen molar-refractivity contribution in [3.05, 3.63) is 59.4 Å². The van der Waals surface area contributed by atoms with E-state index in [1.807, 2.05) is 0 Å². The van der Waals surface area contributed by atoms with Crippen molar-refractivity contribution in [1.29, 1.82) is 0 Å². The lowest BCUT2D eigenvalue weighted by Gasteiger charge is -2.10. The van der Waals surface area contributed by atoms with Gasteiger partial charge in [0.05, 0.1) is 11.3 Å². The maximum atomic E-state index is 13.0. The van der Waals surface area contributed by atoms with E-state index in [0.717, 1.165) is 12.1 Å². The van der Waals surface area contributed by atoms with Crippen LogP contribution in [-0.2, 0) is 0 Å². The van der Waals surface area contributed by atoms with Crippen molar-refractivity contribution in [2.24, 2.45) is 0 Å². The van der Waals surface area contributed by atoms with E-state index < -0.39 is 23.4 Å². The van der Waals surface area contributed by atoms with Crippen LogP contribution in [0.15, 0.2) is 36.4 Å². The quantitative estimate of drug-likeness (QED) is 0.836. The van der Waals surface area contributed by atoms with Crippen molar-refractivity contribution in [3.63, 3.8) is 0 Å². The first-order chi connectivity index (χ1) is 8.99. The van der Waals surface area contributed by atoms with Crippen LogP contribution in [-0.4, -0.2) is 11.1 Å². The number of carboxylic acid groups (broad SMARTS) is 1. The molecule has 6 heteroatoms. The van der Waals surface area contributed by atoms with Crippen molar-refractivity contribution in [3.8, 4) is 0 Å². The summed E-state index contributed by atoms with van der Waals surface area (Å²) in [4.78, 5) is 11.0. The second-order valence-electron chi connectivity index (χ2n) is 3.73. The minimum Gasteiger partial charge on any atom is -0.478 e. The van der Waals surface area contributed by atoms with Crippen LogP contribution in [0.1, 0.15) is 10.4 Å². The molecule has 0 aliphatic rings. The molecule has 0 aromatic heterocycles. The molecule has 2 aromatic carbocycles. The van der Waals surface area contributed by atoms with Gasteiger partial charge < -0.3 is 10.4 Å². The lowest BCUT2D eigenvalue weighted by atomic mass is 10.1. The molecular formula is C13H8F3NO2. The number of para-hydroxylation sites is 1. The highest BCUT2D eigenvalue weighted by Gasteiger charge is 2.13. The highest BCUT2D eigenvalue weighted by Crippen LogP contribution is 2.23. The molecule has 0 radical (unpaired) electrons. The van der Waals surface area contributed by atoms with Gasteiger partial charge in [0.1, 0.15) is 0 Å². The van der Waals surface area contributed by atoms with Crippen molar-refractivity contribution in [2.75, 3.05) is 5.32 Å². The Balaban J connectivity index is 2.39. The molecule has 0 saturated carbocycles. The molecule has 0 bridgehead atoms. The number of hydrogen-bond donors (Lipinski definition) is 2. The summed E-state index contributed by atoms with van der Waals surface area (Å²) in [6, 6.07) is 7.34. The Morgan fingerprint density at radius 3 is 2.21 bits per heavy atom. The molecule has 0 amide bonds. The molecule has 3 nitrogen and oxygen atoms in total. The molecule has 0 unspecified atom stereocenters. The third kappa shape index (κ3) is 2.67. The molecule has 0 spiro atoms. The first-order valence-corrected chi connectivity index (χ1v) is 5.23. The van der Waals surface area contributed by atoms with Crippen LogP contribution < -0.4 is 5.32 Å². The van der Waals surface area contributed by atoms with E-state index >= 15 is 0 Å². The molecule has 19 heavy (non-hydrogen) atoms. The standard InChI is InChI=1S/C13H8F3NO2/c14-9-5-7(6-10(15)12(9)16)17-11-4-2-1-3-8(11)13(18)19/h1-6,17H,(H,18,19). The van der Waals surface area contributed by atoms with Crippen LogP contribution in [0.25, 0.3) is 0 Å². The number of rotatable bonds is 3. The smallest absolute Gasteiger partial charge is 0.337 e. The van der Waals surface area contributed by atoms with Gasteiger partial charge in [-0.1, -0.05) is 12.1 Å². The second-order valence-corrected chi connectivity index (χ2v) is 3.73. The molecule has 0 fully saturated rings. The third-order valence-corrected chi connectivity index (χ3v) is 2.42. The zero-order valence-electron chi connectivity index (χ0n) is 9.45. The molecule has 0 saturated heterocycles. The molecule has 2 aromatic rings. The average Bonchev–Trinajstić information content (AvgIpc) is 2.36. The van der Waals surface area contributed by atoms with E-state index in [9.17, 15) is 18.0 Å². The van der Waals surface area contributed by atoms with E-state index in [1.165, 1.54) is 18.2 Å². The second kappa shape index (κ2) is 5.01. The van der Waals surface area contributed by atoms with Crippen molar-refractivity contribution in [1.82, 2.24) is 0 Å². The van der Waals surface area contributed by atoms with Crippen LogP contribution in [0.3, 0.4) is 0 Å². The number of benzene rings is 2. The minimum absolute atomic E-state index is 0.0624. The fraction of sp³-hybridized carbons (Fsp3) is 0. The van der Waals surface area contributed by atoms with E-state index in [1.54, 1.807) is 6.07 Å². The van der Waals surface area contributed by atoms with Gasteiger partial charge in [-0.15, -0.1) is 0 Å². The fourth-order valence-corrected chi connectivity index (χ4v) is 1.56. The Labute approximate surface area is 106 Å². The van der Waals surface area contributed by atoms with Crippen LogP contribution >= 0.6 is 0 Å². The van der Waals surface area contributed by atoms with E-state index in [4.69, 9.17) is 5.11 Å². The predicted octanol–water partition coefficient (Wildman–Crippen LogP) is 3.55. The number of anilines is 2. The van der Waals surface area contributed by atoms with E-state index in [-0.39, 0.29) is 16.9 Å². The summed E-state index contributed by atoms with van der Waals surface area (Å²) in [6.07, 6.45) is 0. The number of halogens is 3. The molecule has 2 rings (SSSR count). The lowest BCUT2D eigenvalue weighted by Crippen LogP contribution is -2.03. The topological polar surface area (TPSA) is 49.3 Å². The highest BCUT2D eigenvalue weighted by molar-refractivity contribution is 5.95. The molecular weight excluding hydrogens is 259 g/mol. The molecule has 2 N–H and O–H groups in total. The summed E-state index contributed by atoms with van der Waals surface area (Å²) in [5, 5.41) is 11.5. The van der Waals surface area contributed by atoms with Gasteiger partial charge in [-0.05, 0) is 12.1 Å². The Hall–Kier alpha value is -2.50. The number of carboxylic acids is 1. The highest BCUT2D eigenvalue weighted by atomic mass is 19.2. The van der Waals surface area contributed by atoms with Crippen LogP contribution in [0.4, 0.5) is 24.5 Å². The average molecular weight is 267 g/mol. The van der Waals surface area contributed by atoms with E-state index in [0.29, 0.717) is 0 Å². The van der Waals surface area contributed by atoms with Crippen LogP contribution in [0, 0.1) is 17.5 Å². The number of carbonyl (C=O) groups is 1. The maximum absolute atomic E-state index is 13.0. The zero-order chi connectivity index (χ0) is 14.0. The molecule has 0 heterocycles. The van der Waals surface area contributed by atoms with Gasteiger partial charge in [-0.2, -0.15) is 0 Å². The summed E-state index contributed by atoms with van der Waals surface area (Å²) in [5.41, 5.74) is 0.0122. The van der Waals surface area contributed by atoms with Crippen LogP contribution in [0.5, 0.6) is 0 Å². The largest absolute Gasteiger partial charge is 0.478 e. The monoisotopic (exact) mass is 267 g/mol. The van der Waals surface area contributed by atoms with Crippen molar-refractivity contribution in [2.45, 2.75) is 0 Å². The molecule has 0 aliphatic carbocycles. The van der Waals surface area contributed by atoms with Crippen molar-refractivity contribution >= 4 is 17.3 Å². The summed E-state index contributed by atoms with van der Waals surface area (Å²) in [7, 11) is 0. The molecule has 98 valence electrons. The summed E-state index contributed by atoms with van der Waals surface area (Å²) in [6.45, 7) is 0. The lowest BCUT2D eigenvalue weighted by molar-refractivity contribution is 0.0698. The normalized spacial score (nSPS) is 10.3. The predicted molar refractivity (Wildman–Crippen MR) is 63.0 cm³/mol. The van der Waals surface area contributed by atoms with Gasteiger partial charge in [0.25, 0.3) is 0 Å². The Bertz CT molecular complexity index is 621. The number of nitrogens with one attached hydrogen (secondary N) is 1. The van der Waals surface area contributed by atoms with E-state index in [2.05, 4.69) is 5.32 Å². The summed E-state index contributed by atoms with van der Waals surface area (Å²) >= 11 is 0. The fourth-order valence-electron chi connectivity index (χ4n) is 1.56. The Kier molecular flexibility index (Phi) is 3.41. The SMILES string of the molecule is O=C(O)c1ccccc1Nc1cc(F)c(F)c(F)c1. The van der Waals surface area contributed by atoms with Crippen molar-refractivity contribution < 1.29 is 23.1 Å². The van der Waals surface area contributed by atoms with Crippen LogP contribution in [0.2, 0.25) is 0 Å². The maximum Gasteiger partial charge on any atom is 0.337 e. The number of hydrogen-bond acceptors (Lipinski definition) is 2. The minimum atomic E-state index is -1.57. The van der Waals surface area contributed by atoms with Gasteiger partial charge in [-0.25, -0.2) is 18.0 Å². The van der Waals surface area contributed by atoms with Gasteiger partial charge in [-0.3, -0.25) is 0 Å². The Morgan fingerprint density at radius 1 is 1.05 bits per heavy atom. The van der Waals surface area contributed by atoms with Gasteiger partial charge in [0, 0.05) is 17.8 Å². The number of aromatic carboxylic acids is 1. The first kappa shape index (κ1) is 12.9. The first-order valence-electron chi connectivity index (χ1n) is 5.23. The summed E-state index contributed by atoms with van der Waals surface area (Å²) < 4.78 is 38.8. The van der Waals surface area contributed by atoms with Gasteiger partial charge >= 0.3 is 5.97 Å². The third-order valence-electron chi connectivity index (χ3n) is 2.42. The Morgan fingerprint density at radius 2 is 1.63 bits per heavy atom. The van der Waals surface area contributed by atoms with Gasteiger partial charge in [0.2, 0.25) is 0 Å². The molecule has 0 aliphatic heterocycles. The summed E-state index contributed by atoms with van der Waals surface area (Å²) in [5.74, 6) is -5.46. The zero-order valence-corrected chi connectivity index (χ0v) is 9.45.